The number of rotatable bonds is 6. The molecule has 2 rings (SSSR count). The third-order valence-electron chi connectivity index (χ3n) is 4.24. The Labute approximate surface area is 141 Å². The molecule has 130 valence electrons. The van der Waals surface area contributed by atoms with Crippen molar-refractivity contribution in [1.29, 1.82) is 0 Å². The molecule has 1 aromatic carbocycles. The minimum Gasteiger partial charge on any atom is -0.493 e. The van der Waals surface area contributed by atoms with E-state index in [-0.39, 0.29) is 19.1 Å². The van der Waals surface area contributed by atoms with Crippen LogP contribution in [0.15, 0.2) is 24.3 Å². The van der Waals surface area contributed by atoms with E-state index in [4.69, 9.17) is 9.47 Å². The average Bonchev–Trinajstić information content (AvgIpc) is 2.97. The third kappa shape index (κ3) is 3.88. The van der Waals surface area contributed by atoms with Gasteiger partial charge >= 0.3 is 5.97 Å². The Kier molecular flexibility index (Phi) is 5.49. The van der Waals surface area contributed by atoms with Crippen LogP contribution < -0.4 is 9.47 Å². The normalized spacial score (nSPS) is 20.4. The van der Waals surface area contributed by atoms with E-state index in [9.17, 15) is 14.7 Å². The number of aliphatic carboxylic acids is 1. The van der Waals surface area contributed by atoms with E-state index in [0.717, 1.165) is 5.56 Å². The Morgan fingerprint density at radius 2 is 2.12 bits per heavy atom. The molecule has 1 heterocycles. The fourth-order valence-electron chi connectivity index (χ4n) is 2.68. The van der Waals surface area contributed by atoms with Crippen LogP contribution in [0, 0.1) is 5.41 Å². The Bertz CT molecular complexity index is 655. The maximum Gasteiger partial charge on any atom is 0.311 e. The van der Waals surface area contributed by atoms with Gasteiger partial charge in [0.2, 0.25) is 0 Å². The van der Waals surface area contributed by atoms with Crippen molar-refractivity contribution in [1.82, 2.24) is 4.90 Å². The van der Waals surface area contributed by atoms with Crippen molar-refractivity contribution >= 4 is 18.0 Å². The van der Waals surface area contributed by atoms with Crippen LogP contribution in [0.5, 0.6) is 11.5 Å². The number of hydrogen-bond acceptors (Lipinski definition) is 4. The van der Waals surface area contributed by atoms with Crippen LogP contribution in [-0.2, 0) is 9.59 Å². The second-order valence-corrected chi connectivity index (χ2v) is 6.13. The Morgan fingerprint density at radius 3 is 2.71 bits per heavy atom. The van der Waals surface area contributed by atoms with E-state index in [1.165, 1.54) is 4.90 Å². The number of allylic oxidation sites excluding steroid dienone is 1. The highest BCUT2D eigenvalue weighted by atomic mass is 16.5. The zero-order valence-corrected chi connectivity index (χ0v) is 14.2. The Morgan fingerprint density at radius 1 is 1.38 bits per heavy atom. The summed E-state index contributed by atoms with van der Waals surface area (Å²) in [5.41, 5.74) is 0.103. The van der Waals surface area contributed by atoms with Crippen molar-refractivity contribution < 1.29 is 24.2 Å². The van der Waals surface area contributed by atoms with Crippen LogP contribution >= 0.6 is 0 Å². The van der Waals surface area contributed by atoms with E-state index in [2.05, 4.69) is 0 Å². The number of likely N-dealkylation sites (tertiary alicyclic amines) is 1. The standard InChI is InChI=1S/C18H23NO5/c1-4-5-13-6-7-14(15(10-13)23-3)24-11-16(20)19-9-8-18(2,12-19)17(21)22/h4-7,10H,8-9,11-12H2,1-3H3,(H,21,22)/b5-4+. The highest BCUT2D eigenvalue weighted by molar-refractivity contribution is 5.81. The smallest absolute Gasteiger partial charge is 0.311 e. The first-order valence-corrected chi connectivity index (χ1v) is 7.84. The van der Waals surface area contributed by atoms with Gasteiger partial charge in [0.1, 0.15) is 0 Å². The van der Waals surface area contributed by atoms with Crippen molar-refractivity contribution in [3.8, 4) is 11.5 Å². The lowest BCUT2D eigenvalue weighted by atomic mass is 9.90. The van der Waals surface area contributed by atoms with Crippen LogP contribution in [0.4, 0.5) is 0 Å². The number of amides is 1. The van der Waals surface area contributed by atoms with Gasteiger partial charge in [-0.15, -0.1) is 0 Å². The maximum absolute atomic E-state index is 12.3. The second-order valence-electron chi connectivity index (χ2n) is 6.13. The Hall–Kier alpha value is -2.50. The fraction of sp³-hybridized carbons (Fsp3) is 0.444. The van der Waals surface area contributed by atoms with E-state index >= 15 is 0 Å². The number of carbonyl (C=O) groups is 2. The predicted octanol–water partition coefficient (Wildman–Crippen LogP) is 2.43. The average molecular weight is 333 g/mol. The number of carboxylic acid groups (broad SMARTS) is 1. The molecule has 0 aliphatic carbocycles. The van der Waals surface area contributed by atoms with Gasteiger partial charge in [0.15, 0.2) is 18.1 Å². The highest BCUT2D eigenvalue weighted by Gasteiger charge is 2.42. The van der Waals surface area contributed by atoms with E-state index < -0.39 is 11.4 Å². The van der Waals surface area contributed by atoms with Gasteiger partial charge in [-0.3, -0.25) is 9.59 Å². The van der Waals surface area contributed by atoms with Crippen molar-refractivity contribution in [2.24, 2.45) is 5.41 Å². The molecule has 6 heteroatoms. The van der Waals surface area contributed by atoms with E-state index in [0.29, 0.717) is 24.5 Å². The first kappa shape index (κ1) is 17.8. The topological polar surface area (TPSA) is 76.1 Å². The van der Waals surface area contributed by atoms with Gasteiger partial charge in [0.05, 0.1) is 12.5 Å². The molecule has 1 unspecified atom stereocenters. The van der Waals surface area contributed by atoms with Gasteiger partial charge in [0, 0.05) is 13.1 Å². The van der Waals surface area contributed by atoms with Crippen LogP contribution in [0.3, 0.4) is 0 Å². The molecule has 0 radical (unpaired) electrons. The zero-order valence-electron chi connectivity index (χ0n) is 14.2. The molecule has 0 saturated carbocycles. The van der Waals surface area contributed by atoms with Crippen LogP contribution in [0.2, 0.25) is 0 Å². The van der Waals surface area contributed by atoms with Crippen molar-refractivity contribution in [2.45, 2.75) is 20.3 Å². The SMILES string of the molecule is C/C=C/c1ccc(OCC(=O)N2CCC(C)(C(=O)O)C2)c(OC)c1. The molecule has 24 heavy (non-hydrogen) atoms. The number of hydrogen-bond donors (Lipinski definition) is 1. The van der Waals surface area contributed by atoms with Gasteiger partial charge in [-0.25, -0.2) is 0 Å². The van der Waals surface area contributed by atoms with Crippen molar-refractivity contribution in [3.05, 3.63) is 29.8 Å². The van der Waals surface area contributed by atoms with Gasteiger partial charge in [-0.2, -0.15) is 0 Å². The van der Waals surface area contributed by atoms with Crippen LogP contribution in [-0.4, -0.2) is 48.7 Å². The number of carbonyl (C=O) groups excluding carboxylic acids is 1. The molecular weight excluding hydrogens is 310 g/mol. The zero-order chi connectivity index (χ0) is 17.7. The molecule has 1 saturated heterocycles. The van der Waals surface area contributed by atoms with Gasteiger partial charge in [-0.1, -0.05) is 18.2 Å². The lowest BCUT2D eigenvalue weighted by Gasteiger charge is -2.20. The molecular formula is C18H23NO5. The Balaban J connectivity index is 1.98. The molecule has 1 amide bonds. The lowest BCUT2D eigenvalue weighted by Crippen LogP contribution is -2.37. The first-order chi connectivity index (χ1) is 11.4. The molecule has 0 bridgehead atoms. The van der Waals surface area contributed by atoms with Gasteiger partial charge in [0.25, 0.3) is 5.91 Å². The van der Waals surface area contributed by atoms with Crippen LogP contribution in [0.1, 0.15) is 25.8 Å². The second kappa shape index (κ2) is 7.38. The summed E-state index contributed by atoms with van der Waals surface area (Å²) in [4.78, 5) is 25.0. The molecule has 1 fully saturated rings. The number of carboxylic acids is 1. The molecule has 1 aliphatic rings. The van der Waals surface area contributed by atoms with E-state index in [1.807, 2.05) is 31.2 Å². The van der Waals surface area contributed by atoms with E-state index in [1.54, 1.807) is 20.1 Å². The summed E-state index contributed by atoms with van der Waals surface area (Å²) in [5, 5.41) is 9.23. The molecule has 6 nitrogen and oxygen atoms in total. The largest absolute Gasteiger partial charge is 0.493 e. The summed E-state index contributed by atoms with van der Waals surface area (Å²) in [7, 11) is 1.54. The lowest BCUT2D eigenvalue weighted by molar-refractivity contribution is -0.147. The minimum absolute atomic E-state index is 0.144. The summed E-state index contributed by atoms with van der Waals surface area (Å²) in [6.45, 7) is 4.09. The highest BCUT2D eigenvalue weighted by Crippen LogP contribution is 2.31. The summed E-state index contributed by atoms with van der Waals surface area (Å²) in [5.74, 6) is -0.0611. The monoisotopic (exact) mass is 333 g/mol. The van der Waals surface area contributed by atoms with Crippen LogP contribution in [0.25, 0.3) is 6.08 Å². The number of nitrogens with zero attached hydrogens (tertiary/aromatic N) is 1. The summed E-state index contributed by atoms with van der Waals surface area (Å²) in [6, 6.07) is 5.46. The number of benzene rings is 1. The van der Waals surface area contributed by atoms with Gasteiger partial charge in [-0.05, 0) is 38.0 Å². The fourth-order valence-corrected chi connectivity index (χ4v) is 2.68. The molecule has 0 aromatic heterocycles. The van der Waals surface area contributed by atoms with Gasteiger partial charge < -0.3 is 19.5 Å². The van der Waals surface area contributed by atoms with Crippen molar-refractivity contribution in [3.63, 3.8) is 0 Å². The maximum atomic E-state index is 12.3. The molecule has 1 aliphatic heterocycles. The number of methoxy groups -OCH3 is 1. The molecule has 1 aromatic rings. The summed E-state index contributed by atoms with van der Waals surface area (Å²) >= 11 is 0. The summed E-state index contributed by atoms with van der Waals surface area (Å²) in [6.07, 6.45) is 4.31. The molecule has 1 atom stereocenters. The quantitative estimate of drug-likeness (QED) is 0.865. The summed E-state index contributed by atoms with van der Waals surface area (Å²) < 4.78 is 10.9. The third-order valence-corrected chi connectivity index (χ3v) is 4.24. The first-order valence-electron chi connectivity index (χ1n) is 7.84. The molecule has 1 N–H and O–H groups in total. The number of ether oxygens (including phenoxy) is 2. The van der Waals surface area contributed by atoms with Crippen molar-refractivity contribution in [2.75, 3.05) is 26.8 Å². The predicted molar refractivity (Wildman–Crippen MR) is 90.1 cm³/mol. The minimum atomic E-state index is -0.875. The molecule has 0 spiro atoms.